The molecular weight excluding hydrogens is 414 g/mol. The Morgan fingerprint density at radius 1 is 1.28 bits per heavy atom. The van der Waals surface area contributed by atoms with E-state index in [2.05, 4.69) is 5.32 Å². The molecule has 1 N–H and O–H groups in total. The van der Waals surface area contributed by atoms with Crippen LogP contribution in [0.2, 0.25) is 0 Å². The molecule has 1 aliphatic heterocycles. The summed E-state index contributed by atoms with van der Waals surface area (Å²) in [4.78, 5) is 36.6. The number of hydrogen-bond acceptors (Lipinski definition) is 8. The van der Waals surface area contributed by atoms with Crippen LogP contribution in [-0.2, 0) is 9.53 Å². The fourth-order valence-corrected chi connectivity index (χ4v) is 3.82. The van der Waals surface area contributed by atoms with Gasteiger partial charge in [0.05, 0.1) is 34.9 Å². The molecule has 0 aromatic heterocycles. The third-order valence-electron chi connectivity index (χ3n) is 4.04. The van der Waals surface area contributed by atoms with Crippen LogP contribution >= 0.6 is 24.0 Å². The number of carbonyl (C=O) groups excluding carboxylic acids is 2. The van der Waals surface area contributed by atoms with E-state index in [0.717, 1.165) is 11.8 Å². The molecule has 0 unspecified atom stereocenters. The minimum Gasteiger partial charge on any atom is -0.465 e. The van der Waals surface area contributed by atoms with Gasteiger partial charge in [-0.3, -0.25) is 19.8 Å². The van der Waals surface area contributed by atoms with Gasteiger partial charge >= 0.3 is 5.97 Å². The number of thiocarbonyl (C=S) groups is 1. The first-order chi connectivity index (χ1) is 13.9. The number of para-hydroxylation sites is 1. The fraction of sp³-hybridized carbons (Fsp3) is 0.105. The van der Waals surface area contributed by atoms with Gasteiger partial charge in [-0.1, -0.05) is 36.1 Å². The van der Waals surface area contributed by atoms with Gasteiger partial charge in [-0.05, 0) is 35.9 Å². The molecule has 1 amide bonds. The van der Waals surface area contributed by atoms with Crippen molar-refractivity contribution in [3.63, 3.8) is 0 Å². The standard InChI is InChI=1S/C19H15N3O5S2/c1-27-18(24)14-4-2-3-5-15(14)20-11-21-17(23)16(29-19(21)28)10-12-6-8-13(9-7-12)22(25)26/h2-10,20H,11H2,1H3. The van der Waals surface area contributed by atoms with E-state index < -0.39 is 10.9 Å². The predicted octanol–water partition coefficient (Wildman–Crippen LogP) is 3.65. The SMILES string of the molecule is COC(=O)c1ccccc1NCN1C(=O)C(=Cc2ccc([N+](=O)[O-])cc2)SC1=S. The zero-order chi connectivity index (χ0) is 21.0. The molecule has 0 spiro atoms. The number of thioether (sulfide) groups is 1. The van der Waals surface area contributed by atoms with Crippen molar-refractivity contribution < 1.29 is 19.2 Å². The van der Waals surface area contributed by atoms with E-state index in [1.165, 1.54) is 24.1 Å². The first-order valence-corrected chi connectivity index (χ1v) is 9.54. The monoisotopic (exact) mass is 429 g/mol. The lowest BCUT2D eigenvalue weighted by atomic mass is 10.2. The molecule has 0 radical (unpaired) electrons. The highest BCUT2D eigenvalue weighted by Crippen LogP contribution is 2.32. The van der Waals surface area contributed by atoms with Crippen LogP contribution in [-0.4, -0.2) is 39.8 Å². The van der Waals surface area contributed by atoms with E-state index >= 15 is 0 Å². The molecule has 0 bridgehead atoms. The number of nitro benzene ring substituents is 1. The minimum atomic E-state index is -0.489. The summed E-state index contributed by atoms with van der Waals surface area (Å²) in [6.07, 6.45) is 1.63. The molecule has 10 heteroatoms. The topological polar surface area (TPSA) is 102 Å². The number of hydrogen-bond donors (Lipinski definition) is 1. The third kappa shape index (κ3) is 4.61. The number of nitrogens with one attached hydrogen (secondary N) is 1. The van der Waals surface area contributed by atoms with Crippen molar-refractivity contribution in [1.29, 1.82) is 0 Å². The highest BCUT2D eigenvalue weighted by molar-refractivity contribution is 8.26. The van der Waals surface area contributed by atoms with Crippen molar-refractivity contribution in [2.24, 2.45) is 0 Å². The molecule has 29 heavy (non-hydrogen) atoms. The molecule has 1 heterocycles. The summed E-state index contributed by atoms with van der Waals surface area (Å²) < 4.78 is 5.12. The number of nitrogens with zero attached hydrogens (tertiary/aromatic N) is 2. The Morgan fingerprint density at radius 2 is 1.97 bits per heavy atom. The Balaban J connectivity index is 1.73. The number of amides is 1. The zero-order valence-corrected chi connectivity index (χ0v) is 16.8. The van der Waals surface area contributed by atoms with Crippen molar-refractivity contribution in [3.8, 4) is 0 Å². The summed E-state index contributed by atoms with van der Waals surface area (Å²) in [6, 6.07) is 12.7. The number of esters is 1. The van der Waals surface area contributed by atoms with E-state index in [1.807, 2.05) is 0 Å². The van der Waals surface area contributed by atoms with Gasteiger partial charge in [0.2, 0.25) is 0 Å². The molecule has 0 atom stereocenters. The van der Waals surface area contributed by atoms with Gasteiger partial charge in [-0.2, -0.15) is 0 Å². The predicted molar refractivity (Wildman–Crippen MR) is 114 cm³/mol. The van der Waals surface area contributed by atoms with Crippen LogP contribution < -0.4 is 5.32 Å². The molecule has 1 fully saturated rings. The average molecular weight is 429 g/mol. The Labute approximate surface area is 175 Å². The van der Waals surface area contributed by atoms with Crippen molar-refractivity contribution in [2.45, 2.75) is 0 Å². The molecular formula is C19H15N3O5S2. The van der Waals surface area contributed by atoms with Gasteiger partial charge < -0.3 is 10.1 Å². The van der Waals surface area contributed by atoms with Crippen LogP contribution in [0.25, 0.3) is 6.08 Å². The van der Waals surface area contributed by atoms with Crippen LogP contribution in [0.4, 0.5) is 11.4 Å². The molecule has 2 aromatic carbocycles. The number of non-ortho nitro benzene ring substituents is 1. The number of nitro groups is 1. The number of anilines is 1. The number of methoxy groups -OCH3 is 1. The summed E-state index contributed by atoms with van der Waals surface area (Å²) in [5, 5.41) is 13.8. The van der Waals surface area contributed by atoms with Crippen molar-refractivity contribution in [3.05, 3.63) is 74.7 Å². The Bertz CT molecular complexity index is 1020. The summed E-state index contributed by atoms with van der Waals surface area (Å²) in [6.45, 7) is 0.0796. The Hall–Kier alpha value is -3.24. The summed E-state index contributed by atoms with van der Waals surface area (Å²) >= 11 is 6.44. The van der Waals surface area contributed by atoms with Crippen molar-refractivity contribution in [2.75, 3.05) is 19.1 Å². The number of ether oxygens (including phenoxy) is 1. The first-order valence-electron chi connectivity index (χ1n) is 8.31. The second-order valence-electron chi connectivity index (χ2n) is 5.83. The zero-order valence-electron chi connectivity index (χ0n) is 15.2. The lowest BCUT2D eigenvalue weighted by molar-refractivity contribution is -0.384. The average Bonchev–Trinajstić information content (AvgIpc) is 2.99. The van der Waals surface area contributed by atoms with Crippen LogP contribution in [0.3, 0.4) is 0 Å². The van der Waals surface area contributed by atoms with Gasteiger partial charge in [0.15, 0.2) is 0 Å². The normalized spacial score (nSPS) is 14.9. The number of carbonyl (C=O) groups is 2. The lowest BCUT2D eigenvalue weighted by Crippen LogP contribution is -2.33. The van der Waals surface area contributed by atoms with Crippen LogP contribution in [0.15, 0.2) is 53.4 Å². The highest BCUT2D eigenvalue weighted by atomic mass is 32.2. The lowest BCUT2D eigenvalue weighted by Gasteiger charge is -2.17. The van der Waals surface area contributed by atoms with Gasteiger partial charge in [-0.15, -0.1) is 0 Å². The largest absolute Gasteiger partial charge is 0.465 e. The van der Waals surface area contributed by atoms with Crippen molar-refractivity contribution in [1.82, 2.24) is 4.90 Å². The summed E-state index contributed by atoms with van der Waals surface area (Å²) in [5.41, 5.74) is 1.50. The second kappa shape index (κ2) is 8.84. The van der Waals surface area contributed by atoms with E-state index in [0.29, 0.717) is 26.0 Å². The number of benzene rings is 2. The van der Waals surface area contributed by atoms with E-state index in [1.54, 1.807) is 42.5 Å². The van der Waals surface area contributed by atoms with Crippen LogP contribution in [0.5, 0.6) is 0 Å². The molecule has 148 valence electrons. The summed E-state index contributed by atoms with van der Waals surface area (Å²) in [7, 11) is 1.30. The first kappa shape index (κ1) is 20.5. The molecule has 1 aliphatic rings. The van der Waals surface area contributed by atoms with Gasteiger partial charge in [-0.25, -0.2) is 4.79 Å². The minimum absolute atomic E-state index is 0.0248. The summed E-state index contributed by atoms with van der Waals surface area (Å²) in [5.74, 6) is -0.780. The van der Waals surface area contributed by atoms with Crippen LogP contribution in [0, 0.1) is 10.1 Å². The molecule has 2 aromatic rings. The maximum atomic E-state index is 12.7. The third-order valence-corrected chi connectivity index (χ3v) is 5.41. The molecule has 1 saturated heterocycles. The highest BCUT2D eigenvalue weighted by Gasteiger charge is 2.32. The van der Waals surface area contributed by atoms with Gasteiger partial charge in [0, 0.05) is 12.1 Å². The fourth-order valence-electron chi connectivity index (χ4n) is 2.57. The van der Waals surface area contributed by atoms with E-state index in [9.17, 15) is 19.7 Å². The molecule has 0 aliphatic carbocycles. The van der Waals surface area contributed by atoms with Gasteiger partial charge in [0.25, 0.3) is 11.6 Å². The number of rotatable bonds is 6. The van der Waals surface area contributed by atoms with Crippen molar-refractivity contribution >= 4 is 57.6 Å². The van der Waals surface area contributed by atoms with Gasteiger partial charge in [0.1, 0.15) is 4.32 Å². The molecule has 3 rings (SSSR count). The molecule has 0 saturated carbocycles. The Morgan fingerprint density at radius 3 is 2.62 bits per heavy atom. The maximum absolute atomic E-state index is 12.7. The smallest absolute Gasteiger partial charge is 0.339 e. The molecule has 8 nitrogen and oxygen atoms in total. The quantitative estimate of drug-likeness (QED) is 0.244. The van der Waals surface area contributed by atoms with Crippen LogP contribution in [0.1, 0.15) is 15.9 Å². The second-order valence-corrected chi connectivity index (χ2v) is 7.51. The maximum Gasteiger partial charge on any atom is 0.339 e. The van der Waals surface area contributed by atoms with E-state index in [4.69, 9.17) is 17.0 Å². The van der Waals surface area contributed by atoms with E-state index in [-0.39, 0.29) is 18.3 Å². The Kier molecular flexibility index (Phi) is 6.25.